The highest BCUT2D eigenvalue weighted by molar-refractivity contribution is 5.87. The number of aromatic amines is 1. The molecule has 2 atom stereocenters. The molecule has 4 aromatic rings. The quantitative estimate of drug-likeness (QED) is 0.0660. The average Bonchev–Trinajstić information content (AvgIpc) is 3.58. The van der Waals surface area contributed by atoms with Gasteiger partial charge in [0, 0.05) is 36.9 Å². The molecule has 0 saturated heterocycles. The summed E-state index contributed by atoms with van der Waals surface area (Å²) in [6.45, 7) is 3.06. The van der Waals surface area contributed by atoms with Gasteiger partial charge in [-0.2, -0.15) is 0 Å². The number of nitrogens with one attached hydrogen (secondary N) is 3. The predicted octanol–water partition coefficient (Wildman–Crippen LogP) is 6.22. The van der Waals surface area contributed by atoms with E-state index in [0.717, 1.165) is 82.3 Å². The first-order chi connectivity index (χ1) is 23.0. The topological polar surface area (TPSA) is 144 Å². The van der Waals surface area contributed by atoms with Crippen molar-refractivity contribution in [1.82, 2.24) is 20.6 Å². The van der Waals surface area contributed by atoms with Gasteiger partial charge in [-0.05, 0) is 62.0 Å². The van der Waals surface area contributed by atoms with Gasteiger partial charge >= 0.3 is 0 Å². The lowest BCUT2D eigenvalue weighted by atomic mass is 9.73. The Morgan fingerprint density at radius 2 is 1.57 bits per heavy atom. The zero-order valence-corrected chi connectivity index (χ0v) is 27.6. The van der Waals surface area contributed by atoms with Crippen LogP contribution in [0.2, 0.25) is 0 Å². The number of pyridine rings is 1. The fraction of sp³-hybridized carbons (Fsp3) is 0.526. The molecule has 5 rings (SSSR count). The molecule has 0 amide bonds. The van der Waals surface area contributed by atoms with Crippen molar-refractivity contribution in [2.45, 2.75) is 95.2 Å². The monoisotopic (exact) mass is 644 g/mol. The standard InChI is InChI=1S/C38H52N4O5/c43-33-20-18-31(32-19-21-35(45)42-36(32)33)34(44)27-40-24-13-5-3-1-2-4-12-23-39-25-22-30-26-41-37(47-30)38(46,28-14-8-6-9-15-28)29-16-10-7-11-17-29/h6,8-9,14-15,18-21,26,29,34,39-40,43-44,46H,1-5,7,10-13,16-17,22-25,27H2,(H,42,45)/t34?,38-/m0/s1. The number of unbranched alkanes of at least 4 members (excludes halogenated alkanes) is 6. The number of hydrogen-bond acceptors (Lipinski definition) is 8. The van der Waals surface area contributed by atoms with E-state index in [2.05, 4.69) is 20.6 Å². The molecular weight excluding hydrogens is 592 g/mol. The lowest BCUT2D eigenvalue weighted by Crippen LogP contribution is -2.38. The van der Waals surface area contributed by atoms with E-state index in [4.69, 9.17) is 4.42 Å². The number of benzene rings is 2. The van der Waals surface area contributed by atoms with E-state index in [1.165, 1.54) is 44.2 Å². The summed E-state index contributed by atoms with van der Waals surface area (Å²) in [6.07, 6.45) is 15.5. The van der Waals surface area contributed by atoms with E-state index >= 15 is 0 Å². The predicted molar refractivity (Wildman–Crippen MR) is 185 cm³/mol. The molecule has 47 heavy (non-hydrogen) atoms. The number of phenolic OH excluding ortho intramolecular Hbond substituents is 1. The second kappa shape index (κ2) is 17.6. The van der Waals surface area contributed by atoms with E-state index in [1.807, 2.05) is 30.3 Å². The van der Waals surface area contributed by atoms with Crippen molar-refractivity contribution < 1.29 is 19.7 Å². The highest BCUT2D eigenvalue weighted by Gasteiger charge is 2.44. The second-order valence-electron chi connectivity index (χ2n) is 13.1. The van der Waals surface area contributed by atoms with Gasteiger partial charge in [0.1, 0.15) is 11.5 Å². The molecule has 1 aliphatic carbocycles. The molecule has 0 radical (unpaired) electrons. The summed E-state index contributed by atoms with van der Waals surface area (Å²) < 4.78 is 6.18. The van der Waals surface area contributed by atoms with E-state index in [9.17, 15) is 20.1 Å². The molecule has 1 unspecified atom stereocenters. The Morgan fingerprint density at radius 1 is 0.872 bits per heavy atom. The van der Waals surface area contributed by atoms with Gasteiger partial charge in [-0.15, -0.1) is 0 Å². The Kier molecular flexibility index (Phi) is 13.0. The Morgan fingerprint density at radius 3 is 2.32 bits per heavy atom. The third-order valence-corrected chi connectivity index (χ3v) is 9.65. The minimum Gasteiger partial charge on any atom is -0.506 e. The van der Waals surface area contributed by atoms with Crippen LogP contribution in [-0.4, -0.2) is 51.5 Å². The maximum absolute atomic E-state index is 12.0. The minimum absolute atomic E-state index is 0.00144. The zero-order chi connectivity index (χ0) is 32.9. The maximum Gasteiger partial charge on any atom is 0.248 e. The number of oxazole rings is 1. The Labute approximate surface area is 277 Å². The molecule has 2 heterocycles. The number of fused-ring (bicyclic) bond motifs is 1. The van der Waals surface area contributed by atoms with E-state index in [1.54, 1.807) is 18.3 Å². The first-order valence-corrected chi connectivity index (χ1v) is 17.6. The number of aliphatic hydroxyl groups is 2. The molecule has 254 valence electrons. The third-order valence-electron chi connectivity index (χ3n) is 9.65. The normalized spacial score (nSPS) is 16.0. The fourth-order valence-corrected chi connectivity index (χ4v) is 6.96. The van der Waals surface area contributed by atoms with Crippen LogP contribution in [0.15, 0.2) is 70.0 Å². The molecule has 1 saturated carbocycles. The van der Waals surface area contributed by atoms with Crippen LogP contribution < -0.4 is 16.2 Å². The highest BCUT2D eigenvalue weighted by atomic mass is 16.4. The molecule has 9 heteroatoms. The summed E-state index contributed by atoms with van der Waals surface area (Å²) in [7, 11) is 0. The summed E-state index contributed by atoms with van der Waals surface area (Å²) in [4.78, 5) is 18.8. The van der Waals surface area contributed by atoms with Gasteiger partial charge in [-0.25, -0.2) is 4.98 Å². The van der Waals surface area contributed by atoms with Crippen LogP contribution in [0.5, 0.6) is 5.75 Å². The zero-order valence-electron chi connectivity index (χ0n) is 27.6. The SMILES string of the molecule is O=c1ccc2c(C(O)CNCCCCCCCCCNCCc3cnc([C@](O)(c4ccccc4)C4CCCCC4)o3)ccc(O)c2[nH]1. The lowest BCUT2D eigenvalue weighted by Gasteiger charge is -2.36. The number of hydrogen-bond donors (Lipinski definition) is 6. The molecule has 0 aliphatic heterocycles. The summed E-state index contributed by atoms with van der Waals surface area (Å²) in [6, 6.07) is 16.1. The number of nitrogens with zero attached hydrogens (tertiary/aromatic N) is 1. The number of aromatic nitrogens is 2. The van der Waals surface area contributed by atoms with E-state index in [-0.39, 0.29) is 17.2 Å². The van der Waals surface area contributed by atoms with Gasteiger partial charge in [0.05, 0.1) is 17.8 Å². The van der Waals surface area contributed by atoms with Crippen molar-refractivity contribution in [1.29, 1.82) is 0 Å². The van der Waals surface area contributed by atoms with Crippen molar-refractivity contribution in [3.63, 3.8) is 0 Å². The van der Waals surface area contributed by atoms with Crippen molar-refractivity contribution in [2.24, 2.45) is 5.92 Å². The van der Waals surface area contributed by atoms with Crippen molar-refractivity contribution in [3.05, 3.63) is 93.9 Å². The Hall–Kier alpha value is -3.50. The van der Waals surface area contributed by atoms with Crippen LogP contribution >= 0.6 is 0 Å². The van der Waals surface area contributed by atoms with E-state index < -0.39 is 11.7 Å². The molecule has 1 aliphatic rings. The van der Waals surface area contributed by atoms with Crippen LogP contribution in [0.3, 0.4) is 0 Å². The molecular formula is C38H52N4O5. The highest BCUT2D eigenvalue weighted by Crippen LogP contribution is 2.43. The summed E-state index contributed by atoms with van der Waals surface area (Å²) in [5.74, 6) is 1.36. The summed E-state index contributed by atoms with van der Waals surface area (Å²) in [5, 5.41) is 40.2. The molecule has 2 aromatic carbocycles. The van der Waals surface area contributed by atoms with Crippen LogP contribution in [0, 0.1) is 5.92 Å². The van der Waals surface area contributed by atoms with Crippen LogP contribution in [0.4, 0.5) is 0 Å². The first-order valence-electron chi connectivity index (χ1n) is 17.6. The second-order valence-corrected chi connectivity index (χ2v) is 13.1. The van der Waals surface area contributed by atoms with Gasteiger partial charge in [-0.1, -0.05) is 87.8 Å². The first kappa shape index (κ1) is 34.8. The fourth-order valence-electron chi connectivity index (χ4n) is 6.96. The summed E-state index contributed by atoms with van der Waals surface area (Å²) in [5.41, 5.74) is 0.442. The molecule has 2 aromatic heterocycles. The van der Waals surface area contributed by atoms with Crippen molar-refractivity contribution in [2.75, 3.05) is 26.2 Å². The smallest absolute Gasteiger partial charge is 0.248 e. The molecule has 6 N–H and O–H groups in total. The molecule has 0 bridgehead atoms. The van der Waals surface area contributed by atoms with Crippen molar-refractivity contribution in [3.8, 4) is 5.75 Å². The van der Waals surface area contributed by atoms with Gasteiger partial charge in [0.2, 0.25) is 11.4 Å². The van der Waals surface area contributed by atoms with Crippen LogP contribution in [-0.2, 0) is 12.0 Å². The van der Waals surface area contributed by atoms with Gasteiger partial charge in [-0.3, -0.25) is 4.79 Å². The van der Waals surface area contributed by atoms with Gasteiger partial charge < -0.3 is 35.4 Å². The average molecular weight is 645 g/mol. The number of aromatic hydroxyl groups is 1. The third kappa shape index (κ3) is 9.32. The number of phenols is 1. The van der Waals surface area contributed by atoms with Gasteiger partial charge in [0.25, 0.3) is 0 Å². The molecule has 0 spiro atoms. The largest absolute Gasteiger partial charge is 0.506 e. The van der Waals surface area contributed by atoms with Crippen molar-refractivity contribution >= 4 is 10.9 Å². The van der Waals surface area contributed by atoms with Crippen LogP contribution in [0.1, 0.15) is 106 Å². The lowest BCUT2D eigenvalue weighted by molar-refractivity contribution is -0.0238. The molecule has 1 fully saturated rings. The molecule has 9 nitrogen and oxygen atoms in total. The number of rotatable bonds is 19. The van der Waals surface area contributed by atoms with Crippen LogP contribution in [0.25, 0.3) is 10.9 Å². The van der Waals surface area contributed by atoms with E-state index in [0.29, 0.717) is 28.9 Å². The number of H-pyrrole nitrogens is 1. The Bertz CT molecular complexity index is 1570. The number of aliphatic hydroxyl groups excluding tert-OH is 1. The minimum atomic E-state index is -1.18. The summed E-state index contributed by atoms with van der Waals surface area (Å²) >= 11 is 0. The van der Waals surface area contributed by atoms with Gasteiger partial charge in [0.15, 0.2) is 5.60 Å². The maximum atomic E-state index is 12.0. The Balaban J connectivity index is 0.904.